The fraction of sp³-hybridized carbons (Fsp3) is 0.478. The molecule has 3 nitrogen and oxygen atoms in total. The number of aliphatic hydroxyl groups is 1. The van der Waals surface area contributed by atoms with Crippen LogP contribution in [-0.2, 0) is 9.59 Å². The number of rotatable bonds is 2. The predicted octanol–water partition coefficient (Wildman–Crippen LogP) is 4.29. The number of fused-ring (bicyclic) bond motifs is 5. The molecule has 4 aliphatic rings. The molecule has 0 amide bonds. The first-order valence-electron chi connectivity index (χ1n) is 9.53. The summed E-state index contributed by atoms with van der Waals surface area (Å²) in [4.78, 5) is 24.6. The van der Waals surface area contributed by atoms with Crippen LogP contribution in [0.5, 0.6) is 0 Å². The Hall–Kier alpha value is -1.71. The van der Waals surface area contributed by atoms with E-state index in [1.54, 1.807) is 6.08 Å². The van der Waals surface area contributed by atoms with E-state index in [0.717, 1.165) is 36.0 Å². The zero-order valence-corrected chi connectivity index (χ0v) is 16.6. The summed E-state index contributed by atoms with van der Waals surface area (Å²) in [6, 6.07) is 0. The first-order valence-corrected chi connectivity index (χ1v) is 9.91. The summed E-state index contributed by atoms with van der Waals surface area (Å²) in [6.45, 7) is 12.0. The lowest BCUT2D eigenvalue weighted by Crippen LogP contribution is -2.50. The molecule has 0 aromatic heterocycles. The summed E-state index contributed by atoms with van der Waals surface area (Å²) < 4.78 is 0. The molecule has 5 atom stereocenters. The maximum Gasteiger partial charge on any atom is 0.185 e. The molecule has 0 aliphatic heterocycles. The van der Waals surface area contributed by atoms with Crippen molar-refractivity contribution < 1.29 is 14.7 Å². The van der Waals surface area contributed by atoms with Gasteiger partial charge in [0, 0.05) is 16.0 Å². The van der Waals surface area contributed by atoms with Gasteiger partial charge in [0.1, 0.15) is 6.61 Å². The minimum absolute atomic E-state index is 0.114. The number of allylic oxidation sites excluding steroid dienone is 7. The number of Topliss-reactive ketones (excluding diaryl/α,β-unsaturated/α-hetero) is 1. The molecule has 27 heavy (non-hydrogen) atoms. The highest BCUT2D eigenvalue weighted by atomic mass is 35.5. The Morgan fingerprint density at radius 1 is 1.33 bits per heavy atom. The maximum atomic E-state index is 12.3. The number of ketones is 2. The van der Waals surface area contributed by atoms with Crippen LogP contribution in [0, 0.1) is 28.6 Å². The molecule has 0 unspecified atom stereocenters. The van der Waals surface area contributed by atoms with Crippen molar-refractivity contribution in [3.05, 3.63) is 58.7 Å². The van der Waals surface area contributed by atoms with E-state index >= 15 is 0 Å². The highest BCUT2D eigenvalue weighted by molar-refractivity contribution is 6.33. The Kier molecular flexibility index (Phi) is 4.07. The van der Waals surface area contributed by atoms with Gasteiger partial charge in [-0.2, -0.15) is 0 Å². The van der Waals surface area contributed by atoms with Gasteiger partial charge in [-0.25, -0.2) is 0 Å². The molecule has 0 aromatic rings. The molecule has 4 aliphatic carbocycles. The lowest BCUT2D eigenvalue weighted by atomic mass is 9.47. The third kappa shape index (κ3) is 2.25. The SMILES string of the molecule is C=C1C(=C)[C@@]2(C)C(=CC1=O)C(Cl)=C[C@@H]1[C@@H]2CC[C@]2(C)C(C(=O)CO)=CC[C@@H]12. The Morgan fingerprint density at radius 2 is 2.04 bits per heavy atom. The van der Waals surface area contributed by atoms with Crippen molar-refractivity contribution in [2.24, 2.45) is 28.6 Å². The van der Waals surface area contributed by atoms with Crippen LogP contribution in [0.1, 0.15) is 33.1 Å². The van der Waals surface area contributed by atoms with Crippen LogP contribution in [-0.4, -0.2) is 23.3 Å². The van der Waals surface area contributed by atoms with Gasteiger partial charge in [0.15, 0.2) is 11.6 Å². The molecule has 4 heteroatoms. The second-order valence-corrected chi connectivity index (χ2v) is 9.18. The Labute approximate surface area is 165 Å². The van der Waals surface area contributed by atoms with Gasteiger partial charge in [-0.3, -0.25) is 9.59 Å². The van der Waals surface area contributed by atoms with Crippen LogP contribution >= 0.6 is 11.6 Å². The summed E-state index contributed by atoms with van der Waals surface area (Å²) >= 11 is 6.69. The van der Waals surface area contributed by atoms with Crippen LogP contribution in [0.15, 0.2) is 58.7 Å². The standard InChI is InChI=1S/C23H25ClO3/c1-12-13(2)23(4)16-7-8-22(3)15(5-6-17(22)21(27)11-25)14(16)9-19(24)18(23)10-20(12)26/h6,9-10,14-16,25H,1-2,5,7-8,11H2,3-4H3/t14-,15-,16-,22-,23+/m0/s1. The highest BCUT2D eigenvalue weighted by Crippen LogP contribution is 2.66. The zero-order chi connectivity index (χ0) is 19.7. The third-order valence-electron chi connectivity index (χ3n) is 7.82. The monoisotopic (exact) mass is 384 g/mol. The van der Waals surface area contributed by atoms with Crippen LogP contribution in [0.25, 0.3) is 0 Å². The molecular formula is C23H25ClO3. The van der Waals surface area contributed by atoms with Crippen LogP contribution in [0.2, 0.25) is 0 Å². The molecule has 0 radical (unpaired) electrons. The highest BCUT2D eigenvalue weighted by Gasteiger charge is 2.59. The summed E-state index contributed by atoms with van der Waals surface area (Å²) in [5.41, 5.74) is 2.22. The summed E-state index contributed by atoms with van der Waals surface area (Å²) in [5.74, 6) is 0.427. The lowest BCUT2D eigenvalue weighted by molar-refractivity contribution is -0.120. The van der Waals surface area contributed by atoms with E-state index in [1.807, 2.05) is 6.08 Å². The smallest absolute Gasteiger partial charge is 0.185 e. The van der Waals surface area contributed by atoms with Crippen molar-refractivity contribution in [1.29, 1.82) is 0 Å². The van der Waals surface area contributed by atoms with Gasteiger partial charge in [0.2, 0.25) is 0 Å². The summed E-state index contributed by atoms with van der Waals surface area (Å²) in [7, 11) is 0. The van der Waals surface area contributed by atoms with Crippen molar-refractivity contribution in [2.45, 2.75) is 33.1 Å². The van der Waals surface area contributed by atoms with Gasteiger partial charge >= 0.3 is 0 Å². The van der Waals surface area contributed by atoms with E-state index in [0.29, 0.717) is 10.6 Å². The van der Waals surface area contributed by atoms with E-state index in [9.17, 15) is 14.7 Å². The summed E-state index contributed by atoms with van der Waals surface area (Å²) in [6.07, 6.45) is 8.32. The van der Waals surface area contributed by atoms with E-state index in [4.69, 9.17) is 11.6 Å². The molecule has 1 saturated carbocycles. The van der Waals surface area contributed by atoms with Gasteiger partial charge in [-0.15, -0.1) is 0 Å². The molecule has 0 heterocycles. The number of halogens is 1. The molecule has 1 N–H and O–H groups in total. The molecule has 142 valence electrons. The largest absolute Gasteiger partial charge is 0.388 e. The number of carbonyl (C=O) groups excluding carboxylic acids is 2. The van der Waals surface area contributed by atoms with E-state index in [2.05, 4.69) is 33.1 Å². The van der Waals surface area contributed by atoms with Gasteiger partial charge in [-0.05, 0) is 65.2 Å². The molecule has 0 bridgehead atoms. The fourth-order valence-corrected chi connectivity index (χ4v) is 6.58. The molecule has 4 rings (SSSR count). The van der Waals surface area contributed by atoms with Gasteiger partial charge in [-0.1, -0.05) is 50.8 Å². The minimum Gasteiger partial charge on any atom is -0.388 e. The van der Waals surface area contributed by atoms with E-state index < -0.39 is 12.0 Å². The fourth-order valence-electron chi connectivity index (χ4n) is 6.18. The summed E-state index contributed by atoms with van der Waals surface area (Å²) in [5, 5.41) is 9.99. The number of carbonyl (C=O) groups is 2. The maximum absolute atomic E-state index is 12.3. The Morgan fingerprint density at radius 3 is 2.70 bits per heavy atom. The quantitative estimate of drug-likeness (QED) is 0.722. The van der Waals surface area contributed by atoms with Gasteiger partial charge < -0.3 is 5.11 Å². The predicted molar refractivity (Wildman–Crippen MR) is 106 cm³/mol. The average Bonchev–Trinajstić information content (AvgIpc) is 2.99. The van der Waals surface area contributed by atoms with Crippen molar-refractivity contribution in [3.63, 3.8) is 0 Å². The number of aliphatic hydroxyl groups excluding tert-OH is 1. The van der Waals surface area contributed by atoms with Crippen LogP contribution in [0.4, 0.5) is 0 Å². The molecule has 0 saturated heterocycles. The zero-order valence-electron chi connectivity index (χ0n) is 15.8. The molecule has 1 fully saturated rings. The topological polar surface area (TPSA) is 54.4 Å². The number of hydrogen-bond donors (Lipinski definition) is 1. The van der Waals surface area contributed by atoms with Gasteiger partial charge in [0.05, 0.1) is 0 Å². The molecular weight excluding hydrogens is 360 g/mol. The first-order chi connectivity index (χ1) is 12.7. The van der Waals surface area contributed by atoms with Crippen molar-refractivity contribution in [1.82, 2.24) is 0 Å². The van der Waals surface area contributed by atoms with Crippen LogP contribution in [0.3, 0.4) is 0 Å². The van der Waals surface area contributed by atoms with Crippen molar-refractivity contribution >= 4 is 23.2 Å². The van der Waals surface area contributed by atoms with Crippen molar-refractivity contribution in [3.8, 4) is 0 Å². The lowest BCUT2D eigenvalue weighted by Gasteiger charge is -2.56. The minimum atomic E-state index is -0.442. The Balaban J connectivity index is 1.81. The molecule has 0 aromatic carbocycles. The normalized spacial score (nSPS) is 40.5. The van der Waals surface area contributed by atoms with Gasteiger partial charge in [0.25, 0.3) is 0 Å². The third-order valence-corrected chi connectivity index (χ3v) is 8.15. The second-order valence-electron chi connectivity index (χ2n) is 8.78. The average molecular weight is 385 g/mol. The first kappa shape index (κ1) is 18.6. The number of hydrogen-bond acceptors (Lipinski definition) is 3. The van der Waals surface area contributed by atoms with E-state index in [1.165, 1.54) is 0 Å². The Bertz CT molecular complexity index is 889. The van der Waals surface area contributed by atoms with Crippen LogP contribution < -0.4 is 0 Å². The van der Waals surface area contributed by atoms with Crippen molar-refractivity contribution in [2.75, 3.05) is 6.61 Å². The van der Waals surface area contributed by atoms with E-state index in [-0.39, 0.29) is 34.7 Å². The molecule has 0 spiro atoms. The second kappa shape index (κ2) is 5.89.